The molecule has 8 nitrogen and oxygen atoms in total. The average Bonchev–Trinajstić information content (AvgIpc) is 3.43. The summed E-state index contributed by atoms with van der Waals surface area (Å²) in [6.45, 7) is 5.07. The van der Waals surface area contributed by atoms with Gasteiger partial charge in [-0.05, 0) is 50.3 Å². The molecule has 1 saturated heterocycles. The van der Waals surface area contributed by atoms with Crippen molar-refractivity contribution in [3.8, 4) is 0 Å². The summed E-state index contributed by atoms with van der Waals surface area (Å²) in [6.07, 6.45) is 3.38. The molecule has 0 aromatic heterocycles. The van der Waals surface area contributed by atoms with Crippen LogP contribution in [0.4, 0.5) is 5.69 Å². The summed E-state index contributed by atoms with van der Waals surface area (Å²) in [6, 6.07) is 7.68. The van der Waals surface area contributed by atoms with Gasteiger partial charge in [0.25, 0.3) is 5.91 Å². The summed E-state index contributed by atoms with van der Waals surface area (Å²) < 4.78 is 5.42. The van der Waals surface area contributed by atoms with Crippen molar-refractivity contribution in [1.29, 1.82) is 0 Å². The zero-order chi connectivity index (χ0) is 20.5. The topological polar surface area (TPSA) is 104 Å². The number of carbonyl (C=O) groups is 2. The number of anilines is 1. The molecule has 0 bridgehead atoms. The van der Waals surface area contributed by atoms with Crippen LogP contribution in [0.1, 0.15) is 38.2 Å². The van der Waals surface area contributed by atoms with Gasteiger partial charge in [0, 0.05) is 37.8 Å². The van der Waals surface area contributed by atoms with E-state index >= 15 is 0 Å². The van der Waals surface area contributed by atoms with E-state index in [1.54, 1.807) is 0 Å². The molecule has 1 unspecified atom stereocenters. The van der Waals surface area contributed by atoms with Crippen LogP contribution in [0.2, 0.25) is 0 Å². The van der Waals surface area contributed by atoms with Crippen LogP contribution in [0.25, 0.3) is 0 Å². The summed E-state index contributed by atoms with van der Waals surface area (Å²) >= 11 is 0. The molecule has 1 aliphatic carbocycles. The predicted octanol–water partition coefficient (Wildman–Crippen LogP) is 2.00. The lowest BCUT2D eigenvalue weighted by Crippen LogP contribution is -2.41. The smallest absolute Gasteiger partial charge is 0.253 e. The number of hydrogen-bond donors (Lipinski definition) is 4. The summed E-state index contributed by atoms with van der Waals surface area (Å²) in [5.74, 6) is 0.980. The Kier molecular flexibility index (Phi) is 10.4. The molecule has 166 valence electrons. The first-order chi connectivity index (χ1) is 14.2. The molecule has 2 aliphatic rings. The molecule has 4 N–H and O–H groups in total. The largest absolute Gasteiger partial charge is 0.368 e. The second-order valence-corrected chi connectivity index (χ2v) is 7.38. The predicted molar refractivity (Wildman–Crippen MR) is 128 cm³/mol. The molecule has 3 rings (SSSR count). The minimum absolute atomic E-state index is 0. The number of guanidine groups is 1. The van der Waals surface area contributed by atoms with Crippen LogP contribution in [0, 0.1) is 5.92 Å². The van der Waals surface area contributed by atoms with Crippen molar-refractivity contribution in [3.63, 3.8) is 0 Å². The zero-order valence-corrected chi connectivity index (χ0v) is 19.7. The molecule has 30 heavy (non-hydrogen) atoms. The Hall–Kier alpha value is -1.88. The summed E-state index contributed by atoms with van der Waals surface area (Å²) in [5, 5.41) is 12.3. The first-order valence-corrected chi connectivity index (χ1v) is 10.5. The first-order valence-electron chi connectivity index (χ1n) is 10.5. The number of halogens is 1. The number of rotatable bonds is 9. The van der Waals surface area contributed by atoms with Gasteiger partial charge < -0.3 is 26.0 Å². The second kappa shape index (κ2) is 12.7. The molecular formula is C21H32IN5O3. The molecule has 2 amide bonds. The van der Waals surface area contributed by atoms with E-state index in [0.29, 0.717) is 32.2 Å². The summed E-state index contributed by atoms with van der Waals surface area (Å²) in [5.41, 5.74) is 1.74. The van der Waals surface area contributed by atoms with E-state index in [0.717, 1.165) is 43.5 Å². The molecule has 1 aliphatic heterocycles. The van der Waals surface area contributed by atoms with Crippen molar-refractivity contribution in [2.45, 2.75) is 45.3 Å². The van der Waals surface area contributed by atoms with Crippen molar-refractivity contribution < 1.29 is 14.3 Å². The van der Waals surface area contributed by atoms with Crippen LogP contribution in [-0.2, 0) is 20.9 Å². The van der Waals surface area contributed by atoms with Crippen LogP contribution in [0.5, 0.6) is 0 Å². The van der Waals surface area contributed by atoms with E-state index in [9.17, 15) is 9.59 Å². The lowest BCUT2D eigenvalue weighted by atomic mass is 10.2. The van der Waals surface area contributed by atoms with Gasteiger partial charge in [0.15, 0.2) is 5.96 Å². The van der Waals surface area contributed by atoms with Gasteiger partial charge in [0.2, 0.25) is 5.91 Å². The van der Waals surface area contributed by atoms with Crippen molar-refractivity contribution in [2.24, 2.45) is 10.9 Å². The summed E-state index contributed by atoms with van der Waals surface area (Å²) in [7, 11) is 0. The van der Waals surface area contributed by atoms with Gasteiger partial charge in [0.1, 0.15) is 6.10 Å². The number of hydrogen-bond acceptors (Lipinski definition) is 4. The van der Waals surface area contributed by atoms with Crippen LogP contribution >= 0.6 is 24.0 Å². The van der Waals surface area contributed by atoms with E-state index < -0.39 is 0 Å². The van der Waals surface area contributed by atoms with Gasteiger partial charge in [-0.3, -0.25) is 9.59 Å². The van der Waals surface area contributed by atoms with Crippen LogP contribution in [-0.4, -0.2) is 50.1 Å². The number of amides is 2. The Balaban J connectivity index is 0.00000320. The van der Waals surface area contributed by atoms with E-state index in [2.05, 4.69) is 26.3 Å². The molecule has 2 fully saturated rings. The Morgan fingerprint density at radius 1 is 1.10 bits per heavy atom. The van der Waals surface area contributed by atoms with Crippen molar-refractivity contribution in [2.75, 3.05) is 31.6 Å². The first kappa shape index (κ1) is 24.4. The third kappa shape index (κ3) is 8.10. The van der Waals surface area contributed by atoms with Crippen molar-refractivity contribution in [3.05, 3.63) is 29.8 Å². The van der Waals surface area contributed by atoms with Crippen LogP contribution < -0.4 is 21.3 Å². The van der Waals surface area contributed by atoms with Crippen molar-refractivity contribution >= 4 is 47.4 Å². The number of ether oxygens (including phenoxy) is 1. The molecule has 9 heteroatoms. The fourth-order valence-corrected chi connectivity index (χ4v) is 3.12. The van der Waals surface area contributed by atoms with Crippen LogP contribution in [0.3, 0.4) is 0 Å². The third-order valence-corrected chi connectivity index (χ3v) is 4.85. The molecule has 0 radical (unpaired) electrons. The summed E-state index contributed by atoms with van der Waals surface area (Å²) in [4.78, 5) is 28.5. The number of carbonyl (C=O) groups excluding carboxylic acids is 2. The van der Waals surface area contributed by atoms with Gasteiger partial charge in [0.05, 0.1) is 6.54 Å². The van der Waals surface area contributed by atoms with Gasteiger partial charge in [-0.15, -0.1) is 24.0 Å². The van der Waals surface area contributed by atoms with Gasteiger partial charge >= 0.3 is 0 Å². The third-order valence-electron chi connectivity index (χ3n) is 4.85. The fraction of sp³-hybridized carbons (Fsp3) is 0.571. The maximum atomic E-state index is 12.2. The monoisotopic (exact) mass is 529 g/mol. The standard InChI is InChI=1S/C21H31N5O3.HI/c1-2-22-21(24-11-10-23-19(27)16-8-9-16)25-14-15-5-3-6-17(13-15)26-20(28)18-7-4-12-29-18;/h3,5-6,13,16,18H,2,4,7-12,14H2,1H3,(H,23,27)(H,26,28)(H2,22,24,25);1H. The Morgan fingerprint density at radius 3 is 2.60 bits per heavy atom. The SMILES string of the molecule is CCNC(=NCc1cccc(NC(=O)C2CCCO2)c1)NCCNC(=O)C1CC1.I. The van der Waals surface area contributed by atoms with Gasteiger partial charge in [-0.25, -0.2) is 4.99 Å². The van der Waals surface area contributed by atoms with E-state index in [1.165, 1.54) is 0 Å². The molecular weight excluding hydrogens is 497 g/mol. The Morgan fingerprint density at radius 2 is 1.90 bits per heavy atom. The van der Waals surface area contributed by atoms with E-state index in [4.69, 9.17) is 4.74 Å². The molecule has 1 saturated carbocycles. The maximum absolute atomic E-state index is 12.2. The molecule has 0 spiro atoms. The highest BCUT2D eigenvalue weighted by molar-refractivity contribution is 14.0. The number of aliphatic imine (C=N–C) groups is 1. The fourth-order valence-electron chi connectivity index (χ4n) is 3.12. The Labute approximate surface area is 195 Å². The van der Waals surface area contributed by atoms with Crippen LogP contribution in [0.15, 0.2) is 29.3 Å². The molecule has 1 aromatic rings. The highest BCUT2D eigenvalue weighted by atomic mass is 127. The van der Waals surface area contributed by atoms with E-state index in [1.807, 2.05) is 31.2 Å². The lowest BCUT2D eigenvalue weighted by Gasteiger charge is -2.13. The number of nitrogens with zero attached hydrogens (tertiary/aromatic N) is 1. The second-order valence-electron chi connectivity index (χ2n) is 7.38. The van der Waals surface area contributed by atoms with Gasteiger partial charge in [-0.1, -0.05) is 12.1 Å². The molecule has 1 aromatic carbocycles. The quantitative estimate of drug-likeness (QED) is 0.170. The highest BCUT2D eigenvalue weighted by Gasteiger charge is 2.29. The number of nitrogens with one attached hydrogen (secondary N) is 4. The molecule has 1 heterocycles. The molecule has 1 atom stereocenters. The minimum Gasteiger partial charge on any atom is -0.368 e. The average molecular weight is 529 g/mol. The van der Waals surface area contributed by atoms with Gasteiger partial charge in [-0.2, -0.15) is 0 Å². The van der Waals surface area contributed by atoms with E-state index in [-0.39, 0.29) is 47.8 Å². The highest BCUT2D eigenvalue weighted by Crippen LogP contribution is 2.28. The maximum Gasteiger partial charge on any atom is 0.253 e. The lowest BCUT2D eigenvalue weighted by molar-refractivity contribution is -0.124. The van der Waals surface area contributed by atoms with Crippen molar-refractivity contribution in [1.82, 2.24) is 16.0 Å². The zero-order valence-electron chi connectivity index (χ0n) is 17.4. The normalized spacial score (nSPS) is 18.3. The Bertz CT molecular complexity index is 733. The minimum atomic E-state index is -0.346. The number of benzene rings is 1.